The van der Waals surface area contributed by atoms with Gasteiger partial charge in [0, 0.05) is 18.8 Å². The lowest BCUT2D eigenvalue weighted by Crippen LogP contribution is -1.99. The minimum atomic E-state index is -0.780. The van der Waals surface area contributed by atoms with Crippen molar-refractivity contribution in [3.63, 3.8) is 0 Å². The van der Waals surface area contributed by atoms with Crippen LogP contribution in [0.4, 0.5) is 0 Å². The molecule has 6 heteroatoms. The first-order chi connectivity index (χ1) is 9.19. The molecule has 0 fully saturated rings. The van der Waals surface area contributed by atoms with Gasteiger partial charge in [0.15, 0.2) is 11.5 Å². The van der Waals surface area contributed by atoms with Crippen LogP contribution in [0.25, 0.3) is 0 Å². The zero-order valence-corrected chi connectivity index (χ0v) is 10.7. The zero-order chi connectivity index (χ0) is 13.4. The van der Waals surface area contributed by atoms with Crippen LogP contribution in [0.3, 0.4) is 0 Å². The van der Waals surface area contributed by atoms with Gasteiger partial charge in [0.05, 0.1) is 13.3 Å². The first-order valence-corrected chi connectivity index (χ1v) is 5.83. The number of aliphatic hydroxyl groups excluding tert-OH is 1. The van der Waals surface area contributed by atoms with Crippen molar-refractivity contribution in [2.75, 3.05) is 13.9 Å². The molecular weight excluding hydrogens is 248 g/mol. The van der Waals surface area contributed by atoms with E-state index in [9.17, 15) is 5.11 Å². The Balaban J connectivity index is 2.01. The summed E-state index contributed by atoms with van der Waals surface area (Å²) in [6.07, 6.45) is 2.61. The second-order valence-electron chi connectivity index (χ2n) is 4.31. The number of rotatable bonds is 3. The molecular formula is C13H14N2O4. The highest BCUT2D eigenvalue weighted by atomic mass is 16.7. The maximum absolute atomic E-state index is 10.4. The van der Waals surface area contributed by atoms with Gasteiger partial charge in [0.1, 0.15) is 6.10 Å². The summed E-state index contributed by atoms with van der Waals surface area (Å²) >= 11 is 0. The Morgan fingerprint density at radius 2 is 2.21 bits per heavy atom. The van der Waals surface area contributed by atoms with E-state index in [0.717, 1.165) is 0 Å². The van der Waals surface area contributed by atoms with Crippen molar-refractivity contribution in [2.45, 2.75) is 6.10 Å². The number of hydrogen-bond acceptors (Lipinski definition) is 5. The molecule has 0 bridgehead atoms. The highest BCUT2D eigenvalue weighted by molar-refractivity contribution is 5.56. The second kappa shape index (κ2) is 4.47. The minimum Gasteiger partial charge on any atom is -0.493 e. The fraction of sp³-hybridized carbons (Fsp3) is 0.308. The highest BCUT2D eigenvalue weighted by Gasteiger charge is 2.23. The van der Waals surface area contributed by atoms with Crippen LogP contribution in [-0.4, -0.2) is 28.8 Å². The second-order valence-corrected chi connectivity index (χ2v) is 4.31. The molecule has 2 aromatic rings. The molecule has 100 valence electrons. The van der Waals surface area contributed by atoms with Gasteiger partial charge in [-0.25, -0.2) is 0 Å². The van der Waals surface area contributed by atoms with Gasteiger partial charge in [-0.3, -0.25) is 4.68 Å². The van der Waals surface area contributed by atoms with E-state index in [0.29, 0.717) is 28.4 Å². The lowest BCUT2D eigenvalue weighted by molar-refractivity contribution is 0.171. The molecule has 1 atom stereocenters. The van der Waals surface area contributed by atoms with E-state index in [1.54, 1.807) is 43.4 Å². The summed E-state index contributed by atoms with van der Waals surface area (Å²) < 4.78 is 17.6. The van der Waals surface area contributed by atoms with Gasteiger partial charge in [-0.1, -0.05) is 0 Å². The summed E-state index contributed by atoms with van der Waals surface area (Å²) in [5.74, 6) is 1.70. The minimum absolute atomic E-state index is 0.165. The monoisotopic (exact) mass is 262 g/mol. The molecule has 1 aromatic heterocycles. The van der Waals surface area contributed by atoms with Gasteiger partial charge in [-0.05, 0) is 17.7 Å². The largest absolute Gasteiger partial charge is 0.493 e. The van der Waals surface area contributed by atoms with Crippen molar-refractivity contribution in [1.82, 2.24) is 9.78 Å². The number of benzene rings is 1. The van der Waals surface area contributed by atoms with Gasteiger partial charge < -0.3 is 19.3 Å². The third-order valence-electron chi connectivity index (χ3n) is 3.04. The molecule has 1 N–H and O–H groups in total. The maximum atomic E-state index is 10.4. The maximum Gasteiger partial charge on any atom is 0.231 e. The van der Waals surface area contributed by atoms with Crippen LogP contribution in [0.15, 0.2) is 24.5 Å². The Morgan fingerprint density at radius 3 is 2.89 bits per heavy atom. The third kappa shape index (κ3) is 2.00. The van der Waals surface area contributed by atoms with Gasteiger partial charge in [0.2, 0.25) is 12.5 Å². The van der Waals surface area contributed by atoms with Gasteiger partial charge in [-0.15, -0.1) is 0 Å². The number of methoxy groups -OCH3 is 1. The Morgan fingerprint density at radius 1 is 1.37 bits per heavy atom. The van der Waals surface area contributed by atoms with Crippen LogP contribution in [0.2, 0.25) is 0 Å². The molecule has 1 aliphatic heterocycles. The lowest BCUT2D eigenvalue weighted by Gasteiger charge is -2.12. The van der Waals surface area contributed by atoms with E-state index in [-0.39, 0.29) is 6.79 Å². The molecule has 0 amide bonds. The molecule has 0 radical (unpaired) electrons. The number of aryl methyl sites for hydroxylation is 1. The summed E-state index contributed by atoms with van der Waals surface area (Å²) in [5.41, 5.74) is 1.39. The molecule has 1 unspecified atom stereocenters. The Hall–Kier alpha value is -2.21. The van der Waals surface area contributed by atoms with Crippen molar-refractivity contribution in [1.29, 1.82) is 0 Å². The Labute approximate surface area is 110 Å². The predicted octanol–water partition coefficient (Wildman–Crippen LogP) is 1.24. The molecule has 3 rings (SSSR count). The van der Waals surface area contributed by atoms with Gasteiger partial charge in [-0.2, -0.15) is 5.10 Å². The van der Waals surface area contributed by atoms with Crippen LogP contribution in [0.5, 0.6) is 17.2 Å². The van der Waals surface area contributed by atoms with E-state index in [1.165, 1.54) is 0 Å². The standard InChI is InChI=1S/C13H14N2O4/c1-15-6-9(5-14-15)12(16)8-3-10(17-2)13-11(4-8)18-7-19-13/h3-6,12,16H,7H2,1-2H3. The summed E-state index contributed by atoms with van der Waals surface area (Å²) in [4.78, 5) is 0. The van der Waals surface area contributed by atoms with E-state index in [4.69, 9.17) is 14.2 Å². The third-order valence-corrected chi connectivity index (χ3v) is 3.04. The first-order valence-electron chi connectivity index (χ1n) is 5.83. The van der Waals surface area contributed by atoms with Crippen molar-refractivity contribution < 1.29 is 19.3 Å². The summed E-state index contributed by atoms with van der Waals surface area (Å²) in [6.45, 7) is 0.165. The van der Waals surface area contributed by atoms with E-state index < -0.39 is 6.10 Å². The summed E-state index contributed by atoms with van der Waals surface area (Å²) in [7, 11) is 3.36. The van der Waals surface area contributed by atoms with E-state index in [2.05, 4.69) is 5.10 Å². The molecule has 0 saturated heterocycles. The quantitative estimate of drug-likeness (QED) is 0.901. The zero-order valence-electron chi connectivity index (χ0n) is 10.7. The van der Waals surface area contributed by atoms with Crippen molar-refractivity contribution >= 4 is 0 Å². The molecule has 1 aliphatic rings. The van der Waals surface area contributed by atoms with Crippen LogP contribution in [-0.2, 0) is 7.05 Å². The average Bonchev–Trinajstić information content (AvgIpc) is 3.04. The fourth-order valence-electron chi connectivity index (χ4n) is 2.08. The Bertz CT molecular complexity index is 609. The van der Waals surface area contributed by atoms with Crippen molar-refractivity contribution in [3.8, 4) is 17.2 Å². The van der Waals surface area contributed by atoms with Crippen LogP contribution in [0, 0.1) is 0 Å². The SMILES string of the molecule is COc1cc(C(O)c2cnn(C)c2)cc2c1OCO2. The van der Waals surface area contributed by atoms with E-state index >= 15 is 0 Å². The van der Waals surface area contributed by atoms with Crippen LogP contribution >= 0.6 is 0 Å². The van der Waals surface area contributed by atoms with Gasteiger partial charge >= 0.3 is 0 Å². The van der Waals surface area contributed by atoms with Crippen molar-refractivity contribution in [3.05, 3.63) is 35.7 Å². The average molecular weight is 262 g/mol. The molecule has 0 aliphatic carbocycles. The number of aliphatic hydroxyl groups is 1. The summed E-state index contributed by atoms with van der Waals surface area (Å²) in [6, 6.07) is 3.49. The molecule has 0 saturated carbocycles. The van der Waals surface area contributed by atoms with Crippen LogP contribution in [0.1, 0.15) is 17.2 Å². The number of ether oxygens (including phenoxy) is 3. The lowest BCUT2D eigenvalue weighted by atomic mass is 10.0. The number of aromatic nitrogens is 2. The number of fused-ring (bicyclic) bond motifs is 1. The topological polar surface area (TPSA) is 65.7 Å². The van der Waals surface area contributed by atoms with Crippen LogP contribution < -0.4 is 14.2 Å². The fourth-order valence-corrected chi connectivity index (χ4v) is 2.08. The smallest absolute Gasteiger partial charge is 0.231 e. The molecule has 1 aromatic carbocycles. The predicted molar refractivity (Wildman–Crippen MR) is 66.4 cm³/mol. The van der Waals surface area contributed by atoms with Crippen molar-refractivity contribution in [2.24, 2.45) is 7.05 Å². The molecule has 6 nitrogen and oxygen atoms in total. The number of hydrogen-bond donors (Lipinski definition) is 1. The first kappa shape index (κ1) is 11.9. The molecule has 2 heterocycles. The van der Waals surface area contributed by atoms with Gasteiger partial charge in [0.25, 0.3) is 0 Å². The summed E-state index contributed by atoms with van der Waals surface area (Å²) in [5, 5.41) is 14.4. The highest BCUT2D eigenvalue weighted by Crippen LogP contribution is 2.43. The molecule has 19 heavy (non-hydrogen) atoms. The Kier molecular flexibility index (Phi) is 2.79. The van der Waals surface area contributed by atoms with E-state index in [1.807, 2.05) is 0 Å². The molecule has 0 spiro atoms. The number of nitrogens with zero attached hydrogens (tertiary/aromatic N) is 2. The normalized spacial score (nSPS) is 14.5.